The zero-order chi connectivity index (χ0) is 28.1. The van der Waals surface area contributed by atoms with E-state index >= 15 is 0 Å². The molecular formula is C32H35N3O5. The maximum absolute atomic E-state index is 12.7. The van der Waals surface area contributed by atoms with Gasteiger partial charge in [-0.15, -0.1) is 0 Å². The quantitative estimate of drug-likeness (QED) is 0.150. The summed E-state index contributed by atoms with van der Waals surface area (Å²) in [5, 5.41) is 30.9. The molecule has 0 saturated heterocycles. The fourth-order valence-electron chi connectivity index (χ4n) is 5.57. The lowest BCUT2D eigenvalue weighted by Gasteiger charge is -2.13. The van der Waals surface area contributed by atoms with E-state index in [0.717, 1.165) is 62.7 Å². The number of para-hydroxylation sites is 1. The number of methoxy groups -OCH3 is 1. The van der Waals surface area contributed by atoms with E-state index in [2.05, 4.69) is 29.3 Å². The molecule has 2 aromatic heterocycles. The first-order chi connectivity index (χ1) is 19.6. The average Bonchev–Trinajstić information content (AvgIpc) is 3.53. The largest absolute Gasteiger partial charge is 0.493 e. The van der Waals surface area contributed by atoms with Gasteiger partial charge in [-0.1, -0.05) is 67.9 Å². The van der Waals surface area contributed by atoms with Crippen LogP contribution in [0.4, 0.5) is 0 Å². The van der Waals surface area contributed by atoms with Gasteiger partial charge in [-0.2, -0.15) is 5.10 Å². The number of rotatable bonds is 13. The van der Waals surface area contributed by atoms with Gasteiger partial charge in [0, 0.05) is 35.6 Å². The minimum Gasteiger partial charge on any atom is -0.493 e. The molecule has 0 bridgehead atoms. The number of unbranched alkanes of at least 4 members (excludes halogenated alkanes) is 1. The van der Waals surface area contributed by atoms with Crippen molar-refractivity contribution >= 4 is 27.6 Å². The van der Waals surface area contributed by atoms with Gasteiger partial charge in [0.25, 0.3) is 0 Å². The number of H-pyrrole nitrogens is 1. The molecule has 0 aliphatic heterocycles. The Morgan fingerprint density at radius 2 is 1.80 bits per heavy atom. The number of aliphatic hydroxyl groups is 1. The molecule has 5 aromatic rings. The molecule has 2 heterocycles. The van der Waals surface area contributed by atoms with Crippen molar-refractivity contribution in [2.45, 2.75) is 52.4 Å². The SMILES string of the molecule is CCCCn1c(C(=O)O)c(CCCOc2cccc3ccccc23)c2cccc(-c3c(CO)n[nH]c3COC)c21. The van der Waals surface area contributed by atoms with E-state index in [1.165, 1.54) is 0 Å². The molecule has 0 amide bonds. The van der Waals surface area contributed by atoms with Crippen molar-refractivity contribution in [1.82, 2.24) is 14.8 Å². The summed E-state index contributed by atoms with van der Waals surface area (Å²) in [6, 6.07) is 20.0. The summed E-state index contributed by atoms with van der Waals surface area (Å²) in [7, 11) is 1.61. The molecule has 40 heavy (non-hydrogen) atoms. The van der Waals surface area contributed by atoms with E-state index in [9.17, 15) is 15.0 Å². The summed E-state index contributed by atoms with van der Waals surface area (Å²) in [6.07, 6.45) is 2.97. The number of aromatic nitrogens is 3. The molecule has 208 valence electrons. The number of hydrogen-bond acceptors (Lipinski definition) is 5. The predicted molar refractivity (Wildman–Crippen MR) is 156 cm³/mol. The standard InChI is InChI=1S/C32H35N3O5/c1-3-4-17-35-30-23(13-8-14-25(30)29-26(19-36)33-34-27(29)20-39-2)24(31(35)32(37)38)15-9-18-40-28-16-7-11-21-10-5-6-12-22(21)28/h5-8,10-14,16,36H,3-4,9,15,17-20H2,1-2H3,(H,33,34)(H,37,38). The third-order valence-electron chi connectivity index (χ3n) is 7.33. The summed E-state index contributed by atoms with van der Waals surface area (Å²) < 4.78 is 13.5. The molecule has 0 radical (unpaired) electrons. The lowest BCUT2D eigenvalue weighted by Crippen LogP contribution is -2.12. The summed E-state index contributed by atoms with van der Waals surface area (Å²) >= 11 is 0. The van der Waals surface area contributed by atoms with Gasteiger partial charge in [0.1, 0.15) is 11.4 Å². The van der Waals surface area contributed by atoms with Crippen molar-refractivity contribution in [2.24, 2.45) is 0 Å². The molecule has 0 fully saturated rings. The van der Waals surface area contributed by atoms with E-state index in [1.54, 1.807) is 7.11 Å². The minimum absolute atomic E-state index is 0.244. The molecule has 3 N–H and O–H groups in total. The van der Waals surface area contributed by atoms with Crippen LogP contribution in [0, 0.1) is 0 Å². The number of aromatic carboxylic acids is 1. The molecule has 8 nitrogen and oxygen atoms in total. The minimum atomic E-state index is -0.949. The van der Waals surface area contributed by atoms with Gasteiger partial charge in [0.05, 0.1) is 36.7 Å². The smallest absolute Gasteiger partial charge is 0.352 e. The van der Waals surface area contributed by atoms with Gasteiger partial charge in [0.15, 0.2) is 0 Å². The zero-order valence-corrected chi connectivity index (χ0v) is 22.9. The number of carbonyl (C=O) groups is 1. The van der Waals surface area contributed by atoms with Gasteiger partial charge in [-0.05, 0) is 36.3 Å². The van der Waals surface area contributed by atoms with E-state index in [4.69, 9.17) is 9.47 Å². The number of aryl methyl sites for hydroxylation is 2. The monoisotopic (exact) mass is 541 g/mol. The third kappa shape index (κ3) is 5.20. The second-order valence-corrected chi connectivity index (χ2v) is 9.88. The first kappa shape index (κ1) is 27.4. The van der Waals surface area contributed by atoms with E-state index in [0.29, 0.717) is 44.0 Å². The molecule has 8 heteroatoms. The van der Waals surface area contributed by atoms with Crippen LogP contribution in [0.2, 0.25) is 0 Å². The van der Waals surface area contributed by atoms with Crippen LogP contribution < -0.4 is 4.74 Å². The van der Waals surface area contributed by atoms with Crippen LogP contribution in [0.1, 0.15) is 53.6 Å². The van der Waals surface area contributed by atoms with Gasteiger partial charge < -0.3 is 24.3 Å². The topological polar surface area (TPSA) is 110 Å². The number of carboxylic acids is 1. The normalized spacial score (nSPS) is 11.5. The number of aliphatic hydroxyl groups excluding tert-OH is 1. The molecule has 0 atom stereocenters. The average molecular weight is 542 g/mol. The number of ether oxygens (including phenoxy) is 2. The summed E-state index contributed by atoms with van der Waals surface area (Å²) in [5.74, 6) is -0.124. The van der Waals surface area contributed by atoms with Crippen molar-refractivity contribution in [1.29, 1.82) is 0 Å². The van der Waals surface area contributed by atoms with Gasteiger partial charge in [0.2, 0.25) is 0 Å². The van der Waals surface area contributed by atoms with Gasteiger partial charge >= 0.3 is 5.97 Å². The maximum atomic E-state index is 12.7. The van der Waals surface area contributed by atoms with Crippen molar-refractivity contribution in [3.05, 3.63) is 83.3 Å². The molecular weight excluding hydrogens is 506 g/mol. The lowest BCUT2D eigenvalue weighted by atomic mass is 9.98. The van der Waals surface area contributed by atoms with Crippen LogP contribution >= 0.6 is 0 Å². The molecule has 5 rings (SSSR count). The van der Waals surface area contributed by atoms with Crippen LogP contribution in [0.15, 0.2) is 60.7 Å². The van der Waals surface area contributed by atoms with Crippen molar-refractivity contribution in [3.8, 4) is 16.9 Å². The van der Waals surface area contributed by atoms with Gasteiger partial charge in [-0.25, -0.2) is 4.79 Å². The highest BCUT2D eigenvalue weighted by Crippen LogP contribution is 2.38. The number of carboxylic acid groups (broad SMARTS) is 1. The fourth-order valence-corrected chi connectivity index (χ4v) is 5.57. The third-order valence-corrected chi connectivity index (χ3v) is 7.33. The second-order valence-electron chi connectivity index (χ2n) is 9.88. The molecule has 0 aliphatic rings. The van der Waals surface area contributed by atoms with Crippen molar-refractivity contribution in [3.63, 3.8) is 0 Å². The van der Waals surface area contributed by atoms with E-state index in [-0.39, 0.29) is 6.61 Å². The Morgan fingerprint density at radius 3 is 2.58 bits per heavy atom. The van der Waals surface area contributed by atoms with E-state index < -0.39 is 5.97 Å². The number of hydrogen-bond donors (Lipinski definition) is 3. The lowest BCUT2D eigenvalue weighted by molar-refractivity contribution is 0.0684. The van der Waals surface area contributed by atoms with Crippen molar-refractivity contribution < 1.29 is 24.5 Å². The fraction of sp³-hybridized carbons (Fsp3) is 0.312. The van der Waals surface area contributed by atoms with Crippen LogP contribution in [-0.4, -0.2) is 44.7 Å². The highest BCUT2D eigenvalue weighted by molar-refractivity contribution is 6.04. The van der Waals surface area contributed by atoms with Crippen LogP contribution in [0.25, 0.3) is 32.8 Å². The molecule has 0 saturated carbocycles. The van der Waals surface area contributed by atoms with Crippen LogP contribution in [0.3, 0.4) is 0 Å². The highest BCUT2D eigenvalue weighted by atomic mass is 16.5. The summed E-state index contributed by atoms with van der Waals surface area (Å²) in [5.41, 5.74) is 4.78. The Kier molecular flexibility index (Phi) is 8.48. The first-order valence-electron chi connectivity index (χ1n) is 13.7. The predicted octanol–water partition coefficient (Wildman–Crippen LogP) is 6.33. The number of nitrogens with one attached hydrogen (secondary N) is 1. The second kappa shape index (κ2) is 12.4. The van der Waals surface area contributed by atoms with Crippen LogP contribution in [0.5, 0.6) is 5.75 Å². The van der Waals surface area contributed by atoms with Gasteiger partial charge in [-0.3, -0.25) is 5.10 Å². The summed E-state index contributed by atoms with van der Waals surface area (Å²) in [4.78, 5) is 12.7. The van der Waals surface area contributed by atoms with Crippen LogP contribution in [-0.2, 0) is 30.9 Å². The number of aromatic amines is 1. The van der Waals surface area contributed by atoms with E-state index in [1.807, 2.05) is 53.1 Å². The summed E-state index contributed by atoms with van der Waals surface area (Å²) in [6.45, 7) is 3.17. The maximum Gasteiger partial charge on any atom is 0.352 e. The molecule has 0 spiro atoms. The molecule has 0 unspecified atom stereocenters. The Hall–Kier alpha value is -4.14. The molecule has 0 aliphatic carbocycles. The Balaban J connectivity index is 1.54. The Morgan fingerprint density at radius 1 is 1.02 bits per heavy atom. The molecule has 3 aromatic carbocycles. The zero-order valence-electron chi connectivity index (χ0n) is 22.9. The number of fused-ring (bicyclic) bond motifs is 2. The first-order valence-corrected chi connectivity index (χ1v) is 13.7. The van der Waals surface area contributed by atoms with Crippen molar-refractivity contribution in [2.75, 3.05) is 13.7 Å². The Bertz CT molecular complexity index is 1630. The number of benzene rings is 3. The number of nitrogens with zero attached hydrogens (tertiary/aromatic N) is 2. The highest BCUT2D eigenvalue weighted by Gasteiger charge is 2.26. The Labute approximate surface area is 233 Å².